The third kappa shape index (κ3) is 2.41. The predicted molar refractivity (Wildman–Crippen MR) is 131 cm³/mol. The first-order valence-electron chi connectivity index (χ1n) is 11.2. The van der Waals surface area contributed by atoms with E-state index >= 15 is 0 Å². The molecule has 4 aromatic rings. The maximum absolute atomic E-state index is 5.25. The van der Waals surface area contributed by atoms with Gasteiger partial charge in [-0.05, 0) is 36.2 Å². The molecule has 7 rings (SSSR count). The molecule has 0 amide bonds. The van der Waals surface area contributed by atoms with Gasteiger partial charge in [-0.2, -0.15) is 5.10 Å². The number of anilines is 4. The molecule has 0 radical (unpaired) electrons. The first kappa shape index (κ1) is 17.6. The first-order chi connectivity index (χ1) is 15.9. The van der Waals surface area contributed by atoms with Gasteiger partial charge in [0.05, 0.1) is 22.7 Å². The van der Waals surface area contributed by atoms with Crippen LogP contribution in [0.25, 0.3) is 0 Å². The standard InChI is InChI=1S/C28H22N4/c1-3-10-21(11-4-1)27-29-32(22-13-5-2-6-14-22)28-23-15-9-12-20-18-19-30(26(20)23)24-16-7-8-17-25(24)31(27)28/h1-17,28H,18-19H2. The molecular formula is C28H22N4. The van der Waals surface area contributed by atoms with Gasteiger partial charge >= 0.3 is 0 Å². The molecule has 0 N–H and O–H groups in total. The fourth-order valence-electron chi connectivity index (χ4n) is 5.34. The molecule has 4 nitrogen and oxygen atoms in total. The monoisotopic (exact) mass is 414 g/mol. The van der Waals surface area contributed by atoms with E-state index in [4.69, 9.17) is 5.10 Å². The van der Waals surface area contributed by atoms with Crippen LogP contribution >= 0.6 is 0 Å². The Balaban J connectivity index is 1.55. The van der Waals surface area contributed by atoms with Crippen molar-refractivity contribution in [3.8, 4) is 0 Å². The summed E-state index contributed by atoms with van der Waals surface area (Å²) in [6, 6.07) is 36.6. The van der Waals surface area contributed by atoms with Gasteiger partial charge in [-0.15, -0.1) is 0 Å². The van der Waals surface area contributed by atoms with Crippen LogP contribution in [-0.4, -0.2) is 12.4 Å². The van der Waals surface area contributed by atoms with E-state index in [9.17, 15) is 0 Å². The summed E-state index contributed by atoms with van der Waals surface area (Å²) >= 11 is 0. The fraction of sp³-hybridized carbons (Fsp3) is 0.107. The molecule has 0 saturated heterocycles. The molecule has 3 aliphatic rings. The van der Waals surface area contributed by atoms with E-state index in [0.717, 1.165) is 30.1 Å². The molecule has 0 aromatic heterocycles. The number of para-hydroxylation sites is 4. The van der Waals surface area contributed by atoms with E-state index < -0.39 is 0 Å². The number of hydrogen-bond acceptors (Lipinski definition) is 4. The van der Waals surface area contributed by atoms with E-state index in [1.54, 1.807) is 0 Å². The minimum absolute atomic E-state index is 0.0493. The maximum Gasteiger partial charge on any atom is 0.163 e. The zero-order valence-corrected chi connectivity index (χ0v) is 17.6. The van der Waals surface area contributed by atoms with Gasteiger partial charge in [0, 0.05) is 17.7 Å². The van der Waals surface area contributed by atoms with Gasteiger partial charge in [-0.1, -0.05) is 78.9 Å². The van der Waals surface area contributed by atoms with Crippen LogP contribution < -0.4 is 14.8 Å². The number of nitrogens with zero attached hydrogens (tertiary/aromatic N) is 4. The summed E-state index contributed by atoms with van der Waals surface area (Å²) in [6.07, 6.45) is 1.02. The normalized spacial score (nSPS) is 18.1. The van der Waals surface area contributed by atoms with Crippen molar-refractivity contribution in [1.82, 2.24) is 0 Å². The highest BCUT2D eigenvalue weighted by atomic mass is 15.6. The molecule has 1 unspecified atom stereocenters. The molecule has 3 aliphatic heterocycles. The number of hydrogen-bond donors (Lipinski definition) is 0. The highest BCUT2D eigenvalue weighted by Crippen LogP contribution is 2.52. The van der Waals surface area contributed by atoms with E-state index in [-0.39, 0.29) is 6.17 Å². The van der Waals surface area contributed by atoms with Crippen LogP contribution in [0.15, 0.2) is 108 Å². The molecule has 0 saturated carbocycles. The lowest BCUT2D eigenvalue weighted by molar-refractivity contribution is 0.708. The average molecular weight is 415 g/mol. The smallest absolute Gasteiger partial charge is 0.163 e. The van der Waals surface area contributed by atoms with Crippen molar-refractivity contribution in [3.05, 3.63) is 120 Å². The summed E-state index contributed by atoms with van der Waals surface area (Å²) in [5.74, 6) is 0.977. The Bertz CT molecular complexity index is 1350. The summed E-state index contributed by atoms with van der Waals surface area (Å²) in [6.45, 7) is 1.01. The minimum atomic E-state index is -0.0493. The summed E-state index contributed by atoms with van der Waals surface area (Å²) in [5, 5.41) is 7.44. The van der Waals surface area contributed by atoms with Crippen molar-refractivity contribution in [1.29, 1.82) is 0 Å². The molecule has 3 heterocycles. The molecule has 32 heavy (non-hydrogen) atoms. The Labute approximate surface area is 187 Å². The van der Waals surface area contributed by atoms with Gasteiger partial charge in [0.15, 0.2) is 12.0 Å². The lowest BCUT2D eigenvalue weighted by Crippen LogP contribution is -2.35. The van der Waals surface area contributed by atoms with E-state index in [0.29, 0.717) is 0 Å². The number of amidine groups is 1. The van der Waals surface area contributed by atoms with Crippen LogP contribution in [0.2, 0.25) is 0 Å². The SMILES string of the molecule is c1ccc(C2=NN(c3ccccc3)C3c4cccc5c4N(CC5)c4ccccc4N23)cc1. The molecule has 0 bridgehead atoms. The minimum Gasteiger partial charge on any atom is -0.339 e. The van der Waals surface area contributed by atoms with Crippen molar-refractivity contribution in [2.24, 2.45) is 5.10 Å². The Kier molecular flexibility index (Phi) is 3.70. The largest absolute Gasteiger partial charge is 0.339 e. The Morgan fingerprint density at radius 1 is 0.688 bits per heavy atom. The lowest BCUT2D eigenvalue weighted by Gasteiger charge is -2.32. The van der Waals surface area contributed by atoms with Crippen LogP contribution in [0, 0.1) is 0 Å². The number of rotatable bonds is 2. The summed E-state index contributed by atoms with van der Waals surface area (Å²) in [7, 11) is 0. The second kappa shape index (κ2) is 6.72. The molecule has 4 heteroatoms. The fourth-order valence-corrected chi connectivity index (χ4v) is 5.34. The number of hydrazone groups is 1. The topological polar surface area (TPSA) is 22.1 Å². The van der Waals surface area contributed by atoms with Crippen molar-refractivity contribution in [3.63, 3.8) is 0 Å². The van der Waals surface area contributed by atoms with Crippen LogP contribution in [0.4, 0.5) is 22.7 Å². The van der Waals surface area contributed by atoms with Crippen molar-refractivity contribution < 1.29 is 0 Å². The van der Waals surface area contributed by atoms with Crippen LogP contribution in [-0.2, 0) is 6.42 Å². The molecule has 0 fully saturated rings. The summed E-state index contributed by atoms with van der Waals surface area (Å²) in [4.78, 5) is 4.93. The second-order valence-electron chi connectivity index (χ2n) is 8.46. The van der Waals surface area contributed by atoms with Gasteiger partial charge in [-0.3, -0.25) is 4.90 Å². The molecular weight excluding hydrogens is 392 g/mol. The Morgan fingerprint density at radius 2 is 1.41 bits per heavy atom. The van der Waals surface area contributed by atoms with E-state index in [1.165, 1.54) is 28.2 Å². The van der Waals surface area contributed by atoms with Crippen molar-refractivity contribution in [2.45, 2.75) is 12.6 Å². The molecule has 0 spiro atoms. The zero-order valence-electron chi connectivity index (χ0n) is 17.6. The zero-order chi connectivity index (χ0) is 21.1. The molecule has 4 aromatic carbocycles. The quantitative estimate of drug-likeness (QED) is 0.397. The predicted octanol–water partition coefficient (Wildman–Crippen LogP) is 6.08. The van der Waals surface area contributed by atoms with Gasteiger partial charge in [-0.25, -0.2) is 5.01 Å². The van der Waals surface area contributed by atoms with E-state index in [2.05, 4.69) is 118 Å². The lowest BCUT2D eigenvalue weighted by atomic mass is 10.0. The van der Waals surface area contributed by atoms with E-state index in [1.807, 2.05) is 0 Å². The third-order valence-electron chi connectivity index (χ3n) is 6.70. The van der Waals surface area contributed by atoms with Crippen LogP contribution in [0.5, 0.6) is 0 Å². The van der Waals surface area contributed by atoms with Gasteiger partial charge in [0.25, 0.3) is 0 Å². The highest BCUT2D eigenvalue weighted by molar-refractivity contribution is 6.15. The van der Waals surface area contributed by atoms with Crippen molar-refractivity contribution in [2.75, 3.05) is 21.4 Å². The molecule has 154 valence electrons. The second-order valence-corrected chi connectivity index (χ2v) is 8.46. The van der Waals surface area contributed by atoms with Crippen LogP contribution in [0.3, 0.4) is 0 Å². The summed E-state index contributed by atoms with van der Waals surface area (Å²) in [5.41, 5.74) is 8.72. The molecule has 0 aliphatic carbocycles. The Hall–Kier alpha value is -4.05. The van der Waals surface area contributed by atoms with Gasteiger partial charge < -0.3 is 4.90 Å². The van der Waals surface area contributed by atoms with Crippen LogP contribution in [0.1, 0.15) is 22.9 Å². The van der Waals surface area contributed by atoms with Crippen molar-refractivity contribution >= 4 is 28.6 Å². The average Bonchev–Trinajstić information content (AvgIpc) is 3.44. The summed E-state index contributed by atoms with van der Waals surface area (Å²) < 4.78 is 0. The highest BCUT2D eigenvalue weighted by Gasteiger charge is 2.44. The molecule has 1 atom stereocenters. The Morgan fingerprint density at radius 3 is 2.22 bits per heavy atom. The first-order valence-corrected chi connectivity index (χ1v) is 11.2. The number of fused-ring (bicyclic) bond motifs is 5. The third-order valence-corrected chi connectivity index (χ3v) is 6.70. The van der Waals surface area contributed by atoms with Gasteiger partial charge in [0.1, 0.15) is 0 Å². The van der Waals surface area contributed by atoms with Gasteiger partial charge in [0.2, 0.25) is 0 Å². The maximum atomic E-state index is 5.25. The number of benzene rings is 4.